The van der Waals surface area contributed by atoms with Crippen LogP contribution in [-0.4, -0.2) is 39.6 Å². The number of hydrogen-bond acceptors (Lipinski definition) is 4. The Morgan fingerprint density at radius 2 is 1.40 bits per heavy atom. The van der Waals surface area contributed by atoms with Gasteiger partial charge in [0.25, 0.3) is 0 Å². The summed E-state index contributed by atoms with van der Waals surface area (Å²) in [5.74, 6) is 0.163. The lowest BCUT2D eigenvalue weighted by Gasteiger charge is -2.23. The topological polar surface area (TPSA) is 112 Å². The van der Waals surface area contributed by atoms with Gasteiger partial charge in [-0.15, -0.1) is 0 Å². The fourth-order valence-corrected chi connectivity index (χ4v) is 7.88. The second kappa shape index (κ2) is 14.8. The highest BCUT2D eigenvalue weighted by Crippen LogP contribution is 2.44. The molecule has 8 nitrogen and oxygen atoms in total. The van der Waals surface area contributed by atoms with Gasteiger partial charge in [0, 0.05) is 35.9 Å². The summed E-state index contributed by atoms with van der Waals surface area (Å²) in [5, 5.41) is 9.45. The predicted molar refractivity (Wildman–Crippen MR) is 217 cm³/mol. The van der Waals surface area contributed by atoms with Crippen LogP contribution in [0, 0.1) is 0 Å². The highest BCUT2D eigenvalue weighted by molar-refractivity contribution is 5.88. The highest BCUT2D eigenvalue weighted by atomic mass is 16.5. The number of aromatic nitrogens is 3. The van der Waals surface area contributed by atoms with Crippen LogP contribution in [-0.2, 0) is 22.4 Å². The van der Waals surface area contributed by atoms with Crippen LogP contribution in [0.25, 0.3) is 44.1 Å². The Bertz CT molecular complexity index is 2600. The molecule has 2 heterocycles. The normalized spacial score (nSPS) is 13.2. The average molecular weight is 722 g/mol. The van der Waals surface area contributed by atoms with Crippen LogP contribution < -0.4 is 10.6 Å². The maximum Gasteiger partial charge on any atom is 0.407 e. The van der Waals surface area contributed by atoms with Crippen LogP contribution >= 0.6 is 0 Å². The number of benzene rings is 6. The van der Waals surface area contributed by atoms with Crippen molar-refractivity contribution in [2.24, 2.45) is 0 Å². The van der Waals surface area contributed by atoms with E-state index < -0.39 is 18.2 Å². The van der Waals surface area contributed by atoms with E-state index in [0.29, 0.717) is 12.2 Å². The Balaban J connectivity index is 0.999. The van der Waals surface area contributed by atoms with Gasteiger partial charge in [0.2, 0.25) is 5.91 Å². The Kier molecular flexibility index (Phi) is 9.14. The van der Waals surface area contributed by atoms with Gasteiger partial charge in [-0.2, -0.15) is 0 Å². The fraction of sp³-hybridized carbons (Fsp3) is 0.128. The SMILES string of the molecule is O=C(N[C@H](Cc1ccc2ccccc2c1)C(=O)N[C@H](Cc1c[nH]c2ccccc12)c1ncc(-c2ccccc2)[nH]1)OCC1c2ccccc2-c2ccccc21. The summed E-state index contributed by atoms with van der Waals surface area (Å²) in [5.41, 5.74) is 9.33. The van der Waals surface area contributed by atoms with Crippen molar-refractivity contribution in [2.75, 3.05) is 6.61 Å². The van der Waals surface area contributed by atoms with E-state index in [2.05, 4.69) is 63.1 Å². The third-order valence-corrected chi connectivity index (χ3v) is 10.6. The molecule has 2 atom stereocenters. The molecule has 0 spiro atoms. The molecule has 2 amide bonds. The molecule has 270 valence electrons. The number of nitrogens with zero attached hydrogens (tertiary/aromatic N) is 1. The molecule has 55 heavy (non-hydrogen) atoms. The fourth-order valence-electron chi connectivity index (χ4n) is 7.88. The molecule has 0 bridgehead atoms. The van der Waals surface area contributed by atoms with E-state index >= 15 is 0 Å². The van der Waals surface area contributed by atoms with Crippen LogP contribution in [0.2, 0.25) is 0 Å². The molecule has 0 aliphatic heterocycles. The maximum absolute atomic E-state index is 14.6. The molecular formula is C47H39N5O3. The Hall–Kier alpha value is -6.93. The predicted octanol–water partition coefficient (Wildman–Crippen LogP) is 9.26. The van der Waals surface area contributed by atoms with Crippen LogP contribution in [0.5, 0.6) is 0 Å². The third kappa shape index (κ3) is 6.98. The van der Waals surface area contributed by atoms with Crippen molar-refractivity contribution >= 4 is 33.7 Å². The van der Waals surface area contributed by atoms with Gasteiger partial charge in [0.1, 0.15) is 18.5 Å². The van der Waals surface area contributed by atoms with Crippen molar-refractivity contribution < 1.29 is 14.3 Å². The molecule has 0 unspecified atom stereocenters. The molecule has 2 aromatic heterocycles. The second-order valence-corrected chi connectivity index (χ2v) is 14.1. The lowest BCUT2D eigenvalue weighted by Crippen LogP contribution is -2.49. The summed E-state index contributed by atoms with van der Waals surface area (Å²) in [4.78, 5) is 39.9. The van der Waals surface area contributed by atoms with Gasteiger partial charge in [-0.1, -0.05) is 140 Å². The zero-order valence-corrected chi connectivity index (χ0v) is 30.0. The number of aromatic amines is 2. The minimum Gasteiger partial charge on any atom is -0.449 e. The van der Waals surface area contributed by atoms with E-state index in [1.807, 2.05) is 109 Å². The molecule has 0 radical (unpaired) electrons. The monoisotopic (exact) mass is 721 g/mol. The summed E-state index contributed by atoms with van der Waals surface area (Å²) in [6.45, 7) is 0.141. The lowest BCUT2D eigenvalue weighted by atomic mass is 9.98. The van der Waals surface area contributed by atoms with E-state index in [9.17, 15) is 9.59 Å². The van der Waals surface area contributed by atoms with Crippen molar-refractivity contribution in [1.29, 1.82) is 0 Å². The zero-order valence-electron chi connectivity index (χ0n) is 30.0. The maximum atomic E-state index is 14.6. The van der Waals surface area contributed by atoms with Crippen molar-refractivity contribution in [3.05, 3.63) is 186 Å². The average Bonchev–Trinajstić information content (AvgIpc) is 3.97. The molecule has 0 fully saturated rings. The smallest absolute Gasteiger partial charge is 0.407 e. The van der Waals surface area contributed by atoms with Gasteiger partial charge in [0.05, 0.1) is 17.9 Å². The number of alkyl carbamates (subject to hydrolysis) is 1. The Morgan fingerprint density at radius 1 is 0.709 bits per heavy atom. The largest absolute Gasteiger partial charge is 0.449 e. The third-order valence-electron chi connectivity index (χ3n) is 10.6. The van der Waals surface area contributed by atoms with Crippen LogP contribution in [0.3, 0.4) is 0 Å². The van der Waals surface area contributed by atoms with Gasteiger partial charge < -0.3 is 25.3 Å². The second-order valence-electron chi connectivity index (χ2n) is 14.1. The number of imidazole rings is 1. The first kappa shape index (κ1) is 33.9. The van der Waals surface area contributed by atoms with E-state index in [1.54, 1.807) is 6.20 Å². The summed E-state index contributed by atoms with van der Waals surface area (Å²) in [6.07, 6.45) is 3.84. The highest BCUT2D eigenvalue weighted by Gasteiger charge is 2.31. The molecule has 1 aliphatic rings. The van der Waals surface area contributed by atoms with E-state index in [-0.39, 0.29) is 24.9 Å². The standard InChI is InChI=1S/C47H39N5O3/c53-46(51-42(26-34-27-48-41-21-11-10-16-35(34)41)45-49-28-44(50-45)32-13-2-1-3-14-32)43(25-30-22-23-31-12-4-5-15-33(31)24-30)52-47(54)55-29-40-38-19-8-6-17-36(38)37-18-7-9-20-39(37)40/h1-24,27-28,40,42-43,48H,25-26,29H2,(H,49,50)(H,51,53)(H,52,54)/t42-,43-/m1/s1. The van der Waals surface area contributed by atoms with Crippen LogP contribution in [0.4, 0.5) is 4.79 Å². The molecule has 0 saturated carbocycles. The number of para-hydroxylation sites is 1. The molecule has 6 aromatic carbocycles. The van der Waals surface area contributed by atoms with Crippen molar-refractivity contribution in [2.45, 2.75) is 30.8 Å². The number of ether oxygens (including phenoxy) is 1. The van der Waals surface area contributed by atoms with Gasteiger partial charge in [0.15, 0.2) is 0 Å². The molecule has 8 aromatic rings. The molecule has 0 saturated heterocycles. The van der Waals surface area contributed by atoms with Crippen molar-refractivity contribution in [3.8, 4) is 22.4 Å². The first-order chi connectivity index (χ1) is 27.1. The Morgan fingerprint density at radius 3 is 2.20 bits per heavy atom. The quantitative estimate of drug-likeness (QED) is 0.107. The number of amides is 2. The molecule has 1 aliphatic carbocycles. The van der Waals surface area contributed by atoms with E-state index in [1.165, 1.54) is 0 Å². The summed E-state index contributed by atoms with van der Waals surface area (Å²) in [7, 11) is 0. The summed E-state index contributed by atoms with van der Waals surface area (Å²) < 4.78 is 5.95. The first-order valence-corrected chi connectivity index (χ1v) is 18.6. The van der Waals surface area contributed by atoms with Crippen molar-refractivity contribution in [1.82, 2.24) is 25.6 Å². The van der Waals surface area contributed by atoms with Crippen LogP contribution in [0.15, 0.2) is 158 Å². The molecular weight excluding hydrogens is 683 g/mol. The summed E-state index contributed by atoms with van der Waals surface area (Å²) >= 11 is 0. The molecule has 9 rings (SSSR count). The van der Waals surface area contributed by atoms with Crippen molar-refractivity contribution in [3.63, 3.8) is 0 Å². The molecule has 8 heteroatoms. The van der Waals surface area contributed by atoms with Gasteiger partial charge in [-0.25, -0.2) is 9.78 Å². The Labute approximate surface area is 318 Å². The number of rotatable bonds is 11. The van der Waals surface area contributed by atoms with E-state index in [4.69, 9.17) is 9.72 Å². The number of hydrogen-bond donors (Lipinski definition) is 4. The minimum absolute atomic E-state index is 0.107. The van der Waals surface area contributed by atoms with Gasteiger partial charge >= 0.3 is 6.09 Å². The van der Waals surface area contributed by atoms with Crippen LogP contribution in [0.1, 0.15) is 40.0 Å². The number of fused-ring (bicyclic) bond motifs is 5. The number of carbonyl (C=O) groups excluding carboxylic acids is 2. The first-order valence-electron chi connectivity index (χ1n) is 18.6. The number of H-pyrrole nitrogens is 2. The van der Waals surface area contributed by atoms with E-state index in [0.717, 1.165) is 66.3 Å². The number of nitrogens with one attached hydrogen (secondary N) is 4. The molecule has 4 N–H and O–H groups in total. The van der Waals surface area contributed by atoms with Gasteiger partial charge in [-0.3, -0.25) is 4.79 Å². The minimum atomic E-state index is -0.939. The summed E-state index contributed by atoms with van der Waals surface area (Å²) in [6, 6.07) is 47.3. The van der Waals surface area contributed by atoms with Gasteiger partial charge in [-0.05, 0) is 55.8 Å². The number of carbonyl (C=O) groups is 2. The lowest BCUT2D eigenvalue weighted by molar-refractivity contribution is -0.123. The zero-order chi connectivity index (χ0) is 37.1.